The van der Waals surface area contributed by atoms with E-state index in [1.807, 2.05) is 0 Å². The van der Waals surface area contributed by atoms with Crippen molar-refractivity contribution >= 4 is 12.4 Å². The quantitative estimate of drug-likeness (QED) is 0.0422. The molecule has 0 aromatic rings. The first-order valence-corrected chi connectivity index (χ1v) is 20.5. The van der Waals surface area contributed by atoms with E-state index in [4.69, 9.17) is 52.8 Å². The molecule has 0 aromatic heterocycles. The molecule has 5 fully saturated rings. The molecule has 26 atom stereocenters. The van der Waals surface area contributed by atoms with E-state index < -0.39 is 211 Å². The van der Waals surface area contributed by atoms with Gasteiger partial charge in [-0.1, -0.05) is 6.92 Å². The van der Waals surface area contributed by atoms with Crippen LogP contribution in [0.5, 0.6) is 0 Å². The molecule has 0 spiro atoms. The fourth-order valence-corrected chi connectivity index (χ4v) is 8.24. The lowest BCUT2D eigenvalue weighted by Gasteiger charge is -2.49. The molecule has 29 heteroatoms. The first kappa shape index (κ1) is 53.9. The van der Waals surface area contributed by atoms with Gasteiger partial charge < -0.3 is 134 Å². The molecule has 5 saturated heterocycles. The molecule has 26 unspecified atom stereocenters. The van der Waals surface area contributed by atoms with Crippen LogP contribution in [0.25, 0.3) is 0 Å². The Bertz CT molecular complexity index is 1500. The minimum atomic E-state index is -2.86. The molecule has 18 N–H and O–H groups in total. The van der Waals surface area contributed by atoms with E-state index in [0.717, 1.165) is 0 Å². The standard InChI is InChI=1S/C36H61NO28/c1-10-18(44)28(16(6-41)60-32(10)64-30-21(47)14(4-39)59-34(26(30)52)63-29-15(5-40)58-31(53)24(50)23(29)49)62-33-25(51)22(48)20(46)17(61-33)8-57-36(35(54)55)2-12(42)11(7-56-9-37)27(65-36)19(45)13(43)3-38/h9-34,37-53H,2-8H2,1H3,(H,54,55). The Morgan fingerprint density at radius 2 is 1.22 bits per heavy atom. The number of hydrogen-bond donors (Lipinski definition) is 18. The number of carboxylic acids is 1. The zero-order valence-electron chi connectivity index (χ0n) is 34.6. The van der Waals surface area contributed by atoms with E-state index in [0.29, 0.717) is 6.40 Å². The van der Waals surface area contributed by atoms with E-state index in [2.05, 4.69) is 0 Å². The van der Waals surface area contributed by atoms with Crippen LogP contribution >= 0.6 is 0 Å². The molecule has 5 aliphatic rings. The SMILES string of the molecule is CC1C(OC2C(O)C(CO)OC(OC3C(CO)OC(O)C(O)C3O)C2O)OC(CO)C(OC2OC(COC3(C(=O)O)CC(O)C(COC=N)C(C(O)C(O)CO)O3)C(O)C(O)C2O)C1O. The minimum absolute atomic E-state index is 0.491. The second-order valence-corrected chi connectivity index (χ2v) is 16.4. The monoisotopic (exact) mass is 955 g/mol. The second-order valence-electron chi connectivity index (χ2n) is 16.4. The van der Waals surface area contributed by atoms with Crippen molar-refractivity contribution in [3.63, 3.8) is 0 Å². The summed E-state index contributed by atoms with van der Waals surface area (Å²) in [6.07, 6.45) is -42.5. The molecule has 0 radical (unpaired) electrons. The highest BCUT2D eigenvalue weighted by atomic mass is 16.8. The third-order valence-electron chi connectivity index (χ3n) is 12.2. The zero-order chi connectivity index (χ0) is 48.2. The van der Waals surface area contributed by atoms with Gasteiger partial charge in [0, 0.05) is 18.3 Å². The fourth-order valence-electron chi connectivity index (χ4n) is 8.24. The maximum absolute atomic E-state index is 12.7. The van der Waals surface area contributed by atoms with Gasteiger partial charge in [-0.05, 0) is 0 Å². The average molecular weight is 956 g/mol. The number of hydrogen-bond acceptors (Lipinski definition) is 28. The van der Waals surface area contributed by atoms with Gasteiger partial charge in [0.15, 0.2) is 31.6 Å². The Balaban J connectivity index is 1.29. The molecular weight excluding hydrogens is 894 g/mol. The van der Waals surface area contributed by atoms with Crippen molar-refractivity contribution in [2.75, 3.05) is 39.6 Å². The van der Waals surface area contributed by atoms with Crippen LogP contribution in [0.4, 0.5) is 0 Å². The summed E-state index contributed by atoms with van der Waals surface area (Å²) in [6, 6.07) is 0. The van der Waals surface area contributed by atoms with Crippen molar-refractivity contribution in [3.8, 4) is 0 Å². The van der Waals surface area contributed by atoms with Gasteiger partial charge in [-0.2, -0.15) is 0 Å². The van der Waals surface area contributed by atoms with Crippen molar-refractivity contribution < 1.29 is 139 Å². The zero-order valence-corrected chi connectivity index (χ0v) is 34.6. The molecule has 0 bridgehead atoms. The third kappa shape index (κ3) is 11.4. The van der Waals surface area contributed by atoms with Gasteiger partial charge in [-0.15, -0.1) is 0 Å². The maximum Gasteiger partial charge on any atom is 0.364 e. The highest BCUT2D eigenvalue weighted by Gasteiger charge is 2.58. The van der Waals surface area contributed by atoms with Crippen LogP contribution in [0.3, 0.4) is 0 Å². The molecule has 5 rings (SSSR count). The number of aliphatic hydroxyl groups is 16. The number of rotatable bonds is 19. The molecule has 0 amide bonds. The van der Waals surface area contributed by atoms with Gasteiger partial charge >= 0.3 is 5.97 Å². The Kier molecular flexibility index (Phi) is 19.1. The van der Waals surface area contributed by atoms with Crippen LogP contribution in [-0.2, 0) is 52.2 Å². The average Bonchev–Trinajstić information content (AvgIpc) is 3.29. The maximum atomic E-state index is 12.7. The fraction of sp³-hybridized carbons (Fsp3) is 0.944. The number of ether oxygens (including phenoxy) is 10. The van der Waals surface area contributed by atoms with Crippen molar-refractivity contribution in [1.29, 1.82) is 5.41 Å². The van der Waals surface area contributed by atoms with Gasteiger partial charge in [0.05, 0.1) is 58.0 Å². The van der Waals surface area contributed by atoms with Gasteiger partial charge in [0.25, 0.3) is 5.79 Å². The number of aliphatic hydroxyl groups excluding tert-OH is 16. The van der Waals surface area contributed by atoms with E-state index in [-0.39, 0.29) is 0 Å². The number of nitrogens with one attached hydrogen (secondary N) is 1. The lowest BCUT2D eigenvalue weighted by molar-refractivity contribution is -0.385. The largest absolute Gasteiger partial charge is 0.483 e. The molecule has 0 saturated carbocycles. The summed E-state index contributed by atoms with van der Waals surface area (Å²) < 4.78 is 55.4. The third-order valence-corrected chi connectivity index (χ3v) is 12.2. The number of aliphatic carboxylic acids is 1. The molecule has 0 aromatic carbocycles. The van der Waals surface area contributed by atoms with E-state index in [1.54, 1.807) is 0 Å². The van der Waals surface area contributed by atoms with Gasteiger partial charge in [-0.25, -0.2) is 4.79 Å². The smallest absolute Gasteiger partial charge is 0.364 e. The van der Waals surface area contributed by atoms with Crippen LogP contribution in [0.1, 0.15) is 13.3 Å². The Morgan fingerprint density at radius 1 is 0.662 bits per heavy atom. The summed E-state index contributed by atoms with van der Waals surface area (Å²) in [4.78, 5) is 12.7. The van der Waals surface area contributed by atoms with Crippen LogP contribution in [0, 0.1) is 17.2 Å². The normalized spacial score (nSPS) is 48.3. The lowest BCUT2D eigenvalue weighted by atomic mass is 9.83. The van der Waals surface area contributed by atoms with E-state index in [1.165, 1.54) is 6.92 Å². The van der Waals surface area contributed by atoms with Crippen molar-refractivity contribution in [2.45, 2.75) is 160 Å². The first-order chi connectivity index (χ1) is 30.7. The Morgan fingerprint density at radius 3 is 1.80 bits per heavy atom. The summed E-state index contributed by atoms with van der Waals surface area (Å²) in [5.74, 6) is -7.27. The van der Waals surface area contributed by atoms with Crippen LogP contribution in [-0.4, -0.2) is 286 Å². The Labute approximate surface area is 368 Å². The van der Waals surface area contributed by atoms with Gasteiger partial charge in [0.1, 0.15) is 97.7 Å². The number of carboxylic acid groups (broad SMARTS) is 1. The summed E-state index contributed by atoms with van der Waals surface area (Å²) >= 11 is 0. The number of carbonyl (C=O) groups is 1. The Hall–Kier alpha value is -2.06. The van der Waals surface area contributed by atoms with E-state index >= 15 is 0 Å². The van der Waals surface area contributed by atoms with Crippen LogP contribution in [0.2, 0.25) is 0 Å². The molecule has 5 heterocycles. The van der Waals surface area contributed by atoms with Crippen molar-refractivity contribution in [1.82, 2.24) is 0 Å². The topological polar surface area (TPSA) is 477 Å². The molecule has 29 nitrogen and oxygen atoms in total. The highest BCUT2D eigenvalue weighted by Crippen LogP contribution is 2.39. The first-order valence-electron chi connectivity index (χ1n) is 20.5. The van der Waals surface area contributed by atoms with Crippen LogP contribution < -0.4 is 0 Å². The van der Waals surface area contributed by atoms with E-state index in [9.17, 15) is 91.6 Å². The molecule has 5 aliphatic heterocycles. The van der Waals surface area contributed by atoms with Crippen LogP contribution in [0.15, 0.2) is 0 Å². The molecule has 378 valence electrons. The van der Waals surface area contributed by atoms with Crippen molar-refractivity contribution in [2.24, 2.45) is 11.8 Å². The lowest BCUT2D eigenvalue weighted by Crippen LogP contribution is -2.66. The predicted octanol–water partition coefficient (Wildman–Crippen LogP) is -10.6. The predicted molar refractivity (Wildman–Crippen MR) is 199 cm³/mol. The molecule has 65 heavy (non-hydrogen) atoms. The minimum Gasteiger partial charge on any atom is -0.483 e. The second kappa shape index (κ2) is 23.0. The summed E-state index contributed by atoms with van der Waals surface area (Å²) in [5, 5.41) is 185. The molecule has 0 aliphatic carbocycles. The van der Waals surface area contributed by atoms with Gasteiger partial charge in [-0.3, -0.25) is 5.41 Å². The van der Waals surface area contributed by atoms with Gasteiger partial charge in [0.2, 0.25) is 0 Å². The molecular formula is C36H61NO28. The summed E-state index contributed by atoms with van der Waals surface area (Å²) in [5.41, 5.74) is 0. The summed E-state index contributed by atoms with van der Waals surface area (Å²) in [7, 11) is 0. The highest BCUT2D eigenvalue weighted by molar-refractivity contribution is 5.76. The van der Waals surface area contributed by atoms with Crippen molar-refractivity contribution in [3.05, 3.63) is 0 Å². The summed E-state index contributed by atoms with van der Waals surface area (Å²) in [6.45, 7) is -3.93.